The molecule has 0 bridgehead atoms. The average molecular weight is 1050 g/mol. The van der Waals surface area contributed by atoms with E-state index in [0.29, 0.717) is 5.56 Å². The van der Waals surface area contributed by atoms with Gasteiger partial charge in [-0.25, -0.2) is 13.2 Å². The van der Waals surface area contributed by atoms with Crippen molar-refractivity contribution in [3.63, 3.8) is 0 Å². The van der Waals surface area contributed by atoms with Crippen LogP contribution in [-0.4, -0.2) is 15.5 Å². The lowest BCUT2D eigenvalue weighted by atomic mass is 10.0. The molecule has 0 saturated carbocycles. The fraction of sp³-hybridized carbons (Fsp3) is 0.227. The van der Waals surface area contributed by atoms with Crippen molar-refractivity contribution >= 4 is 69.2 Å². The molecule has 0 aliphatic carbocycles. The van der Waals surface area contributed by atoms with Gasteiger partial charge in [0.1, 0.15) is 11.4 Å². The molecule has 0 unspecified atom stereocenters. The van der Waals surface area contributed by atoms with Crippen molar-refractivity contribution < 1.29 is 13.2 Å². The summed E-state index contributed by atoms with van der Waals surface area (Å²) >= 11 is 13.5. The zero-order chi connectivity index (χ0) is 53.5. The molecule has 0 heterocycles. The highest BCUT2D eigenvalue weighted by atomic mass is 32.1. The fourth-order valence-electron chi connectivity index (χ4n) is 7.48. The van der Waals surface area contributed by atoms with Gasteiger partial charge in [0.2, 0.25) is 0 Å². The summed E-state index contributed by atoms with van der Waals surface area (Å²) < 4.78 is 41.5. The highest BCUT2D eigenvalue weighted by Crippen LogP contribution is 2.25. The molecule has 0 radical (unpaired) electrons. The van der Waals surface area contributed by atoms with E-state index < -0.39 is 23.1 Å². The number of halogens is 3. The highest BCUT2D eigenvalue weighted by Gasteiger charge is 2.09. The summed E-state index contributed by atoms with van der Waals surface area (Å²) in [6.07, 6.45) is 14.6. The van der Waals surface area contributed by atoms with Crippen LogP contribution in [0.3, 0.4) is 0 Å². The van der Waals surface area contributed by atoms with Gasteiger partial charge in [0.15, 0.2) is 17.5 Å². The van der Waals surface area contributed by atoms with Gasteiger partial charge >= 0.3 is 0 Å². The molecule has 0 atom stereocenters. The molecule has 0 aromatic heterocycles. The van der Waals surface area contributed by atoms with Crippen LogP contribution in [-0.2, 0) is 19.3 Å². The largest absolute Gasteiger partial charge is 0.205 e. The Morgan fingerprint density at radius 3 is 1.08 bits per heavy atom. The van der Waals surface area contributed by atoms with Gasteiger partial charge in [-0.15, -0.1) is 0 Å². The lowest BCUT2D eigenvalue weighted by molar-refractivity contribution is 0.587. The summed E-state index contributed by atoms with van der Waals surface area (Å²) in [4.78, 5) is 11.0. The predicted molar refractivity (Wildman–Crippen MR) is 316 cm³/mol. The van der Waals surface area contributed by atoms with Crippen LogP contribution in [0.15, 0.2) is 167 Å². The molecular formula is C66H58F3N3S3. The number of thiocarbonyl (C=S) groups is 3. The second-order valence-electron chi connectivity index (χ2n) is 17.4. The van der Waals surface area contributed by atoms with Gasteiger partial charge < -0.3 is 0 Å². The summed E-state index contributed by atoms with van der Waals surface area (Å²) in [7, 11) is 0. The fourth-order valence-corrected chi connectivity index (χ4v) is 7.77. The Balaban J connectivity index is 0.000000212. The number of unbranched alkanes of at least 4 members (excludes halogenated alkanes) is 6. The molecule has 3 nitrogen and oxygen atoms in total. The number of isothiocyanates is 3. The lowest BCUT2D eigenvalue weighted by Crippen LogP contribution is -1.87. The van der Waals surface area contributed by atoms with Gasteiger partial charge in [-0.2, -0.15) is 15.0 Å². The van der Waals surface area contributed by atoms with Gasteiger partial charge in [-0.1, -0.05) is 155 Å². The Bertz CT molecular complexity index is 3260. The number of nitrogens with zero attached hydrogens (tertiary/aromatic N) is 3. The maximum atomic E-state index is 13.9. The van der Waals surface area contributed by atoms with E-state index in [1.165, 1.54) is 80.5 Å². The summed E-state index contributed by atoms with van der Waals surface area (Å²) in [6, 6.07) is 47.8. The van der Waals surface area contributed by atoms with E-state index in [0.717, 1.165) is 70.5 Å². The van der Waals surface area contributed by atoms with Crippen LogP contribution in [0.4, 0.5) is 30.2 Å². The summed E-state index contributed by atoms with van der Waals surface area (Å²) in [5, 5.41) is 6.48. The molecule has 7 aromatic rings. The van der Waals surface area contributed by atoms with Crippen LogP contribution in [0, 0.1) is 53.0 Å². The van der Waals surface area contributed by atoms with E-state index in [2.05, 4.69) is 179 Å². The molecule has 0 saturated heterocycles. The van der Waals surface area contributed by atoms with E-state index in [9.17, 15) is 13.2 Å². The number of aliphatic imine (C=N–C) groups is 3. The maximum Gasteiger partial charge on any atom is 0.153 e. The zero-order valence-electron chi connectivity index (χ0n) is 42.6. The lowest BCUT2D eigenvalue weighted by Gasteiger charge is -2.05. The van der Waals surface area contributed by atoms with Crippen molar-refractivity contribution in [2.45, 2.75) is 97.8 Å². The number of aryl methyl sites for hydroxylation is 3. The molecule has 75 heavy (non-hydrogen) atoms. The molecule has 0 N–H and O–H groups in total. The first kappa shape index (κ1) is 58.3. The van der Waals surface area contributed by atoms with Crippen LogP contribution in [0.5, 0.6) is 0 Å². The van der Waals surface area contributed by atoms with Crippen molar-refractivity contribution in [2.75, 3.05) is 0 Å². The average Bonchev–Trinajstić information content (AvgIpc) is 3.43. The van der Waals surface area contributed by atoms with Crippen molar-refractivity contribution in [1.82, 2.24) is 0 Å². The third-order valence-electron chi connectivity index (χ3n) is 11.7. The maximum absolute atomic E-state index is 13.9. The van der Waals surface area contributed by atoms with Crippen LogP contribution in [0.25, 0.3) is 11.1 Å². The first-order valence-electron chi connectivity index (χ1n) is 25.2. The third-order valence-corrected chi connectivity index (χ3v) is 11.9. The van der Waals surface area contributed by atoms with Crippen molar-refractivity contribution in [3.05, 3.63) is 219 Å². The number of rotatable bonds is 16. The molecule has 0 amide bonds. The van der Waals surface area contributed by atoms with Gasteiger partial charge in [0, 0.05) is 33.4 Å². The Hall–Kier alpha value is -7.59. The highest BCUT2D eigenvalue weighted by molar-refractivity contribution is 7.78. The number of benzene rings is 7. The molecule has 376 valence electrons. The van der Waals surface area contributed by atoms with E-state index >= 15 is 0 Å². The van der Waals surface area contributed by atoms with Crippen LogP contribution >= 0.6 is 36.7 Å². The summed E-state index contributed by atoms with van der Waals surface area (Å²) in [5.74, 6) is 16.0. The van der Waals surface area contributed by atoms with Crippen molar-refractivity contribution in [3.8, 4) is 46.6 Å². The summed E-state index contributed by atoms with van der Waals surface area (Å²) in [5.41, 5.74) is 11.4. The minimum Gasteiger partial charge on any atom is -0.205 e. The van der Waals surface area contributed by atoms with E-state index in [-0.39, 0.29) is 11.3 Å². The normalized spacial score (nSPS) is 9.79. The topological polar surface area (TPSA) is 37.1 Å². The minimum atomic E-state index is -0.815. The Labute approximate surface area is 458 Å². The van der Waals surface area contributed by atoms with Crippen LogP contribution < -0.4 is 0 Å². The zero-order valence-corrected chi connectivity index (χ0v) is 45.1. The Kier molecular flexibility index (Phi) is 25.9. The molecule has 0 aliphatic heterocycles. The van der Waals surface area contributed by atoms with Gasteiger partial charge in [-0.3, -0.25) is 0 Å². The Morgan fingerprint density at radius 2 is 0.680 bits per heavy atom. The number of hydrogen-bond acceptors (Lipinski definition) is 6. The SMILES string of the molecule is CCCCCc1ccc(-c2ccc(C#Cc3cc(F)c(N=C=S)c(F)c3)cc2)cc1.CCCCCc1ccc(C#Cc2ccc(N=C=S)c(F)c2)cc1.CCCCCc1ccc(C#Cc2ccc(N=C=S)cc2)cc1. The second-order valence-corrected chi connectivity index (χ2v) is 17.9. The molecular weight excluding hydrogens is 988 g/mol. The smallest absolute Gasteiger partial charge is 0.153 e. The molecule has 0 fully saturated rings. The summed E-state index contributed by atoms with van der Waals surface area (Å²) in [6.45, 7) is 6.64. The molecule has 9 heteroatoms. The van der Waals surface area contributed by atoms with E-state index in [1.54, 1.807) is 12.1 Å². The first-order chi connectivity index (χ1) is 36.6. The van der Waals surface area contributed by atoms with E-state index in [4.69, 9.17) is 0 Å². The van der Waals surface area contributed by atoms with Gasteiger partial charge in [-0.05, 0) is 194 Å². The van der Waals surface area contributed by atoms with E-state index in [1.807, 2.05) is 65.8 Å². The molecule has 7 rings (SSSR count). The van der Waals surface area contributed by atoms with Crippen LogP contribution in [0.1, 0.15) is 129 Å². The first-order valence-corrected chi connectivity index (χ1v) is 26.4. The third kappa shape index (κ3) is 21.0. The quantitative estimate of drug-likeness (QED) is 0.0419. The minimum absolute atomic E-state index is 0.182. The molecule has 7 aromatic carbocycles. The van der Waals surface area contributed by atoms with Crippen molar-refractivity contribution in [2.24, 2.45) is 15.0 Å². The Morgan fingerprint density at radius 1 is 0.347 bits per heavy atom. The van der Waals surface area contributed by atoms with Gasteiger partial charge in [0.25, 0.3) is 0 Å². The van der Waals surface area contributed by atoms with Crippen LogP contribution in [0.2, 0.25) is 0 Å². The standard InChI is InChI=1S/C26H21F2NS.C20H18FNS.C20H19NS/c1-2-3-4-5-19-8-12-22(13-9-19)23-14-10-20(11-15-23)6-7-21-16-24(27)26(29-18-30)25(28)17-21;1-2-3-4-5-16-6-8-17(9-7-16)10-11-18-12-13-20(22-15-23)19(21)14-18;1-2-3-4-5-17-6-8-18(9-7-17)10-11-19-12-14-20(15-13-19)21-16-22/h8-17H,2-5H2,1H3;6-9,12-14H,2-5H2,1H3;6-9,12-15H,2-5H2,1H3. The molecule has 0 aliphatic rings. The predicted octanol–water partition coefficient (Wildman–Crippen LogP) is 18.7. The molecule has 0 spiro atoms. The van der Waals surface area contributed by atoms with Gasteiger partial charge in [0.05, 0.1) is 21.2 Å². The van der Waals surface area contributed by atoms with Crippen molar-refractivity contribution in [1.29, 1.82) is 0 Å². The second kappa shape index (κ2) is 33.3. The number of hydrogen-bond donors (Lipinski definition) is 0. The monoisotopic (exact) mass is 1050 g/mol.